The van der Waals surface area contributed by atoms with Crippen LogP contribution in [0, 0.1) is 20.8 Å². The molecule has 3 rings (SSSR count). The molecule has 23 heavy (non-hydrogen) atoms. The molecule has 1 atom stereocenters. The molecule has 1 aliphatic heterocycles. The summed E-state index contributed by atoms with van der Waals surface area (Å²) in [5, 5.41) is 10.7. The van der Waals surface area contributed by atoms with Crippen LogP contribution in [0.2, 0.25) is 0 Å². The number of rotatable bonds is 4. The number of aryl methyl sites for hydroxylation is 3. The highest BCUT2D eigenvalue weighted by molar-refractivity contribution is 5.39. The Balaban J connectivity index is 1.63. The van der Waals surface area contributed by atoms with Crippen LogP contribution in [0.4, 0.5) is 0 Å². The molecule has 2 heteroatoms. The summed E-state index contributed by atoms with van der Waals surface area (Å²) in [6.45, 7) is 9.37. The Hall–Kier alpha value is -1.64. The van der Waals surface area contributed by atoms with Crippen LogP contribution in [0.25, 0.3) is 0 Å². The van der Waals surface area contributed by atoms with Crippen LogP contribution in [0.5, 0.6) is 0 Å². The summed E-state index contributed by atoms with van der Waals surface area (Å²) in [5.41, 5.74) is 7.72. The van der Waals surface area contributed by atoms with Gasteiger partial charge in [0.1, 0.15) is 0 Å². The first kappa shape index (κ1) is 16.2. The highest BCUT2D eigenvalue weighted by atomic mass is 16.3. The van der Waals surface area contributed by atoms with E-state index in [0.29, 0.717) is 0 Å². The minimum absolute atomic E-state index is 0.368. The maximum Gasteiger partial charge on any atom is 0.0807 e. The van der Waals surface area contributed by atoms with Gasteiger partial charge in [-0.25, -0.2) is 0 Å². The minimum Gasteiger partial charge on any atom is -0.388 e. The van der Waals surface area contributed by atoms with Crippen molar-refractivity contribution in [3.63, 3.8) is 0 Å². The summed E-state index contributed by atoms with van der Waals surface area (Å²) in [5.74, 6) is 0. The molecule has 2 aromatic carbocycles. The highest BCUT2D eigenvalue weighted by Crippen LogP contribution is 2.27. The maximum absolute atomic E-state index is 10.7. The van der Waals surface area contributed by atoms with E-state index in [9.17, 15) is 5.11 Å². The standard InChI is InChI=1S/C21H27NO/c1-15-12-16(2)21(17(3)13-15)20(23)9-11-22-10-8-18-6-4-5-7-19(18)14-22/h4-7,12-13,20,23H,8-11,14H2,1-3H3. The van der Waals surface area contributed by atoms with E-state index in [2.05, 4.69) is 62.1 Å². The van der Waals surface area contributed by atoms with E-state index in [0.717, 1.165) is 38.0 Å². The van der Waals surface area contributed by atoms with E-state index in [1.165, 1.54) is 27.8 Å². The molecule has 2 aromatic rings. The molecule has 1 N–H and O–H groups in total. The summed E-state index contributed by atoms with van der Waals surface area (Å²) in [6.07, 6.45) is 1.55. The van der Waals surface area contributed by atoms with Crippen molar-refractivity contribution >= 4 is 0 Å². The van der Waals surface area contributed by atoms with Crippen molar-refractivity contribution < 1.29 is 5.11 Å². The lowest BCUT2D eigenvalue weighted by Gasteiger charge is -2.29. The molecule has 0 spiro atoms. The molecular formula is C21H27NO. The third-order valence-corrected chi connectivity index (χ3v) is 5.00. The molecule has 122 valence electrons. The molecule has 0 saturated carbocycles. The van der Waals surface area contributed by atoms with Crippen molar-refractivity contribution in [2.45, 2.75) is 46.3 Å². The monoisotopic (exact) mass is 309 g/mol. The smallest absolute Gasteiger partial charge is 0.0807 e. The number of fused-ring (bicyclic) bond motifs is 1. The largest absolute Gasteiger partial charge is 0.388 e. The number of benzene rings is 2. The van der Waals surface area contributed by atoms with E-state index in [1.54, 1.807) is 0 Å². The topological polar surface area (TPSA) is 23.5 Å². The van der Waals surface area contributed by atoms with E-state index in [-0.39, 0.29) is 6.10 Å². The van der Waals surface area contributed by atoms with Gasteiger partial charge in [-0.3, -0.25) is 4.90 Å². The molecular weight excluding hydrogens is 282 g/mol. The third kappa shape index (κ3) is 3.65. The molecule has 0 aromatic heterocycles. The van der Waals surface area contributed by atoms with Crippen molar-refractivity contribution in [3.05, 3.63) is 69.8 Å². The van der Waals surface area contributed by atoms with Gasteiger partial charge in [0, 0.05) is 19.6 Å². The second-order valence-corrected chi connectivity index (χ2v) is 6.91. The zero-order valence-electron chi connectivity index (χ0n) is 14.5. The number of hydrogen-bond donors (Lipinski definition) is 1. The quantitative estimate of drug-likeness (QED) is 0.919. The molecule has 0 fully saturated rings. The number of hydrogen-bond acceptors (Lipinski definition) is 2. The SMILES string of the molecule is Cc1cc(C)c(C(O)CCN2CCc3ccccc3C2)c(C)c1. The minimum atomic E-state index is -0.368. The third-order valence-electron chi connectivity index (χ3n) is 5.00. The van der Waals surface area contributed by atoms with Gasteiger partial charge in [0.05, 0.1) is 6.10 Å². The van der Waals surface area contributed by atoms with Gasteiger partial charge in [0.15, 0.2) is 0 Å². The number of aliphatic hydroxyl groups excluding tert-OH is 1. The predicted molar refractivity (Wildman–Crippen MR) is 95.7 cm³/mol. The number of nitrogens with zero attached hydrogens (tertiary/aromatic N) is 1. The van der Waals surface area contributed by atoms with Crippen LogP contribution in [-0.2, 0) is 13.0 Å². The molecule has 2 nitrogen and oxygen atoms in total. The van der Waals surface area contributed by atoms with Gasteiger partial charge in [-0.15, -0.1) is 0 Å². The van der Waals surface area contributed by atoms with Gasteiger partial charge in [0.25, 0.3) is 0 Å². The van der Waals surface area contributed by atoms with Crippen LogP contribution in [-0.4, -0.2) is 23.1 Å². The Labute approximate surface area is 139 Å². The second kappa shape index (κ2) is 6.86. The molecule has 0 bridgehead atoms. The molecule has 1 unspecified atom stereocenters. The molecule has 0 aliphatic carbocycles. The fourth-order valence-electron chi connectivity index (χ4n) is 3.91. The van der Waals surface area contributed by atoms with Crippen molar-refractivity contribution in [1.29, 1.82) is 0 Å². The molecule has 1 heterocycles. The van der Waals surface area contributed by atoms with Crippen molar-refractivity contribution in [2.75, 3.05) is 13.1 Å². The normalized spacial score (nSPS) is 16.2. The average Bonchev–Trinajstić information content (AvgIpc) is 2.51. The number of aliphatic hydroxyl groups is 1. The fraction of sp³-hybridized carbons (Fsp3) is 0.429. The van der Waals surface area contributed by atoms with Gasteiger partial charge in [-0.1, -0.05) is 42.0 Å². The molecule has 0 amide bonds. The Morgan fingerprint density at radius 2 is 1.70 bits per heavy atom. The van der Waals surface area contributed by atoms with Crippen LogP contribution >= 0.6 is 0 Å². The Bertz CT molecular complexity index is 669. The van der Waals surface area contributed by atoms with Crippen molar-refractivity contribution in [3.8, 4) is 0 Å². The lowest BCUT2D eigenvalue weighted by molar-refractivity contribution is 0.136. The Morgan fingerprint density at radius 3 is 2.39 bits per heavy atom. The van der Waals surface area contributed by atoms with Crippen LogP contribution in [0.1, 0.15) is 45.9 Å². The van der Waals surface area contributed by atoms with Crippen LogP contribution in [0.3, 0.4) is 0 Å². The molecule has 0 saturated heterocycles. The van der Waals surface area contributed by atoms with Crippen LogP contribution in [0.15, 0.2) is 36.4 Å². The van der Waals surface area contributed by atoms with Gasteiger partial charge in [-0.05, 0) is 61.4 Å². The summed E-state index contributed by atoms with van der Waals surface area (Å²) in [4.78, 5) is 2.46. The second-order valence-electron chi connectivity index (χ2n) is 6.91. The van der Waals surface area contributed by atoms with Gasteiger partial charge in [0.2, 0.25) is 0 Å². The van der Waals surface area contributed by atoms with Gasteiger partial charge >= 0.3 is 0 Å². The first-order valence-corrected chi connectivity index (χ1v) is 8.59. The van der Waals surface area contributed by atoms with E-state index in [1.807, 2.05) is 0 Å². The van der Waals surface area contributed by atoms with Gasteiger partial charge < -0.3 is 5.11 Å². The van der Waals surface area contributed by atoms with Gasteiger partial charge in [-0.2, -0.15) is 0 Å². The summed E-state index contributed by atoms with van der Waals surface area (Å²) in [6, 6.07) is 13.1. The fourth-order valence-corrected chi connectivity index (χ4v) is 3.91. The maximum atomic E-state index is 10.7. The summed E-state index contributed by atoms with van der Waals surface area (Å²) >= 11 is 0. The average molecular weight is 309 g/mol. The lowest BCUT2D eigenvalue weighted by Crippen LogP contribution is -2.32. The molecule has 1 aliphatic rings. The first-order valence-electron chi connectivity index (χ1n) is 8.59. The first-order chi connectivity index (χ1) is 11.0. The van der Waals surface area contributed by atoms with E-state index < -0.39 is 0 Å². The lowest BCUT2D eigenvalue weighted by atomic mass is 9.93. The highest BCUT2D eigenvalue weighted by Gasteiger charge is 2.18. The predicted octanol–water partition coefficient (Wildman–Crippen LogP) is 4.09. The van der Waals surface area contributed by atoms with E-state index >= 15 is 0 Å². The Morgan fingerprint density at radius 1 is 1.04 bits per heavy atom. The summed E-state index contributed by atoms with van der Waals surface area (Å²) < 4.78 is 0. The Kier molecular flexibility index (Phi) is 4.84. The zero-order valence-corrected chi connectivity index (χ0v) is 14.5. The van der Waals surface area contributed by atoms with Crippen molar-refractivity contribution in [2.24, 2.45) is 0 Å². The molecule has 0 radical (unpaired) electrons. The van der Waals surface area contributed by atoms with Crippen molar-refractivity contribution in [1.82, 2.24) is 4.90 Å². The van der Waals surface area contributed by atoms with E-state index in [4.69, 9.17) is 0 Å². The summed E-state index contributed by atoms with van der Waals surface area (Å²) in [7, 11) is 0. The van der Waals surface area contributed by atoms with Crippen LogP contribution < -0.4 is 0 Å². The zero-order chi connectivity index (χ0) is 16.4.